The normalized spacial score (nSPS) is 11.9. The number of amides is 1. The number of aryl methyl sites for hydroxylation is 3. The van der Waals surface area contributed by atoms with Crippen LogP contribution in [-0.2, 0) is 22.4 Å². The van der Waals surface area contributed by atoms with Gasteiger partial charge in [0.2, 0.25) is 5.91 Å². The van der Waals surface area contributed by atoms with Gasteiger partial charge in [-0.05, 0) is 58.1 Å². The number of H-pyrrole nitrogens is 1. The highest BCUT2D eigenvalue weighted by Crippen LogP contribution is 2.20. The lowest BCUT2D eigenvalue weighted by molar-refractivity contribution is -0.121. The van der Waals surface area contributed by atoms with Gasteiger partial charge in [-0.1, -0.05) is 30.3 Å². The number of esters is 1. The molecule has 5 heteroatoms. The molecule has 0 saturated carbocycles. The van der Waals surface area contributed by atoms with Gasteiger partial charge in [0.05, 0.1) is 12.2 Å². The molecule has 0 radical (unpaired) electrons. The van der Waals surface area contributed by atoms with Crippen LogP contribution in [-0.4, -0.2) is 29.5 Å². The van der Waals surface area contributed by atoms with E-state index >= 15 is 0 Å². The largest absolute Gasteiger partial charge is 0.462 e. The van der Waals surface area contributed by atoms with Crippen LogP contribution in [0.3, 0.4) is 0 Å². The second-order valence-corrected chi connectivity index (χ2v) is 6.94. The van der Waals surface area contributed by atoms with Crippen molar-refractivity contribution in [3.8, 4) is 0 Å². The van der Waals surface area contributed by atoms with Gasteiger partial charge in [0.1, 0.15) is 0 Å². The summed E-state index contributed by atoms with van der Waals surface area (Å²) in [6, 6.07) is 10.4. The number of ether oxygens (including phenoxy) is 1. The van der Waals surface area contributed by atoms with Crippen LogP contribution in [0.15, 0.2) is 30.3 Å². The van der Waals surface area contributed by atoms with Crippen LogP contribution in [0, 0.1) is 13.8 Å². The first-order chi connectivity index (χ1) is 12.9. The topological polar surface area (TPSA) is 71.2 Å². The number of carbonyl (C=O) groups is 2. The molecule has 0 bridgehead atoms. The molecule has 1 heterocycles. The third kappa shape index (κ3) is 5.98. The molecule has 2 N–H and O–H groups in total. The Morgan fingerprint density at radius 1 is 1.15 bits per heavy atom. The SMILES string of the molecule is CCOC(=O)c1c(C)[nH]c(CCC(=O)NC(C)CCc2ccccc2)c1C. The summed E-state index contributed by atoms with van der Waals surface area (Å²) >= 11 is 0. The number of aromatic nitrogens is 1. The monoisotopic (exact) mass is 370 g/mol. The molecule has 2 rings (SSSR count). The van der Waals surface area contributed by atoms with Crippen LogP contribution in [0.2, 0.25) is 0 Å². The van der Waals surface area contributed by atoms with Crippen molar-refractivity contribution in [2.75, 3.05) is 6.61 Å². The maximum absolute atomic E-state index is 12.3. The van der Waals surface area contributed by atoms with Gasteiger partial charge in [-0.15, -0.1) is 0 Å². The maximum Gasteiger partial charge on any atom is 0.340 e. The van der Waals surface area contributed by atoms with Gasteiger partial charge in [-0.3, -0.25) is 4.79 Å². The fourth-order valence-corrected chi connectivity index (χ4v) is 3.26. The lowest BCUT2D eigenvalue weighted by Crippen LogP contribution is -2.33. The third-order valence-electron chi connectivity index (χ3n) is 4.74. The van der Waals surface area contributed by atoms with Crippen molar-refractivity contribution in [3.63, 3.8) is 0 Å². The number of hydrogen-bond acceptors (Lipinski definition) is 3. The second kappa shape index (κ2) is 9.95. The molecule has 0 aliphatic carbocycles. The molecular weight excluding hydrogens is 340 g/mol. The molecule has 1 amide bonds. The van der Waals surface area contributed by atoms with E-state index in [1.54, 1.807) is 6.92 Å². The van der Waals surface area contributed by atoms with E-state index in [1.807, 2.05) is 39.0 Å². The summed E-state index contributed by atoms with van der Waals surface area (Å²) in [5.41, 5.74) is 4.45. The van der Waals surface area contributed by atoms with Crippen LogP contribution in [0.1, 0.15) is 59.6 Å². The average molecular weight is 370 g/mol. The maximum atomic E-state index is 12.3. The van der Waals surface area contributed by atoms with Crippen molar-refractivity contribution in [2.24, 2.45) is 0 Å². The molecule has 0 spiro atoms. The fourth-order valence-electron chi connectivity index (χ4n) is 3.26. The number of benzene rings is 1. The van der Waals surface area contributed by atoms with Gasteiger partial charge in [0.15, 0.2) is 0 Å². The third-order valence-corrected chi connectivity index (χ3v) is 4.74. The molecule has 0 aliphatic rings. The number of nitrogens with one attached hydrogen (secondary N) is 2. The molecule has 0 fully saturated rings. The summed E-state index contributed by atoms with van der Waals surface area (Å²) in [4.78, 5) is 27.5. The lowest BCUT2D eigenvalue weighted by Gasteiger charge is -2.14. The van der Waals surface area contributed by atoms with Crippen molar-refractivity contribution < 1.29 is 14.3 Å². The molecular formula is C22H30N2O3. The number of carbonyl (C=O) groups excluding carboxylic acids is 2. The van der Waals surface area contributed by atoms with Gasteiger partial charge in [0.25, 0.3) is 0 Å². The molecule has 1 aromatic heterocycles. The number of hydrogen-bond donors (Lipinski definition) is 2. The van der Waals surface area contributed by atoms with Crippen LogP contribution in [0.4, 0.5) is 0 Å². The summed E-state index contributed by atoms with van der Waals surface area (Å²) in [6.07, 6.45) is 2.81. The highest BCUT2D eigenvalue weighted by Gasteiger charge is 2.19. The summed E-state index contributed by atoms with van der Waals surface area (Å²) in [5, 5.41) is 3.06. The molecule has 1 unspecified atom stereocenters. The Labute approximate surface area is 161 Å². The second-order valence-electron chi connectivity index (χ2n) is 6.94. The molecule has 1 atom stereocenters. The van der Waals surface area contributed by atoms with E-state index in [0.29, 0.717) is 25.0 Å². The summed E-state index contributed by atoms with van der Waals surface area (Å²) < 4.78 is 5.11. The highest BCUT2D eigenvalue weighted by atomic mass is 16.5. The van der Waals surface area contributed by atoms with Gasteiger partial charge in [-0.25, -0.2) is 4.79 Å². The van der Waals surface area contributed by atoms with E-state index in [2.05, 4.69) is 22.4 Å². The van der Waals surface area contributed by atoms with Gasteiger partial charge in [-0.2, -0.15) is 0 Å². The van der Waals surface area contributed by atoms with Gasteiger partial charge in [0, 0.05) is 23.9 Å². The molecule has 27 heavy (non-hydrogen) atoms. The zero-order valence-electron chi connectivity index (χ0n) is 16.7. The van der Waals surface area contributed by atoms with Crippen LogP contribution >= 0.6 is 0 Å². The number of aromatic amines is 1. The molecule has 0 saturated heterocycles. The zero-order valence-corrected chi connectivity index (χ0v) is 16.7. The van der Waals surface area contributed by atoms with Crippen LogP contribution < -0.4 is 5.32 Å². The minimum Gasteiger partial charge on any atom is -0.462 e. The van der Waals surface area contributed by atoms with E-state index in [0.717, 1.165) is 29.8 Å². The Hall–Kier alpha value is -2.56. The Kier molecular flexibility index (Phi) is 7.65. The van der Waals surface area contributed by atoms with Crippen LogP contribution in [0.5, 0.6) is 0 Å². The summed E-state index contributed by atoms with van der Waals surface area (Å²) in [6.45, 7) is 7.92. The van der Waals surface area contributed by atoms with Crippen molar-refractivity contribution in [1.82, 2.24) is 10.3 Å². The van der Waals surface area contributed by atoms with Crippen molar-refractivity contribution in [3.05, 3.63) is 58.4 Å². The highest BCUT2D eigenvalue weighted by molar-refractivity contribution is 5.92. The molecule has 1 aromatic carbocycles. The molecule has 5 nitrogen and oxygen atoms in total. The predicted molar refractivity (Wildman–Crippen MR) is 107 cm³/mol. The van der Waals surface area contributed by atoms with Crippen LogP contribution in [0.25, 0.3) is 0 Å². The predicted octanol–water partition coefficient (Wildman–Crippen LogP) is 3.88. The zero-order chi connectivity index (χ0) is 19.8. The van der Waals surface area contributed by atoms with Gasteiger partial charge >= 0.3 is 5.97 Å². The van der Waals surface area contributed by atoms with E-state index in [1.165, 1.54) is 5.56 Å². The Morgan fingerprint density at radius 2 is 1.85 bits per heavy atom. The van der Waals surface area contributed by atoms with Crippen molar-refractivity contribution >= 4 is 11.9 Å². The Balaban J connectivity index is 1.83. The van der Waals surface area contributed by atoms with E-state index in [4.69, 9.17) is 4.74 Å². The first-order valence-corrected chi connectivity index (χ1v) is 9.60. The molecule has 2 aromatic rings. The van der Waals surface area contributed by atoms with Gasteiger partial charge < -0.3 is 15.0 Å². The first kappa shape index (κ1) is 20.7. The standard InChI is InChI=1S/C22H30N2O3/c1-5-27-22(26)21-16(3)19(24-17(21)4)13-14-20(25)23-15(2)11-12-18-9-7-6-8-10-18/h6-10,15,24H,5,11-14H2,1-4H3,(H,23,25). The van der Waals surface area contributed by atoms with E-state index < -0.39 is 0 Å². The average Bonchev–Trinajstić information content (AvgIpc) is 2.93. The number of rotatable bonds is 9. The molecule has 0 aliphatic heterocycles. The molecule has 146 valence electrons. The fraction of sp³-hybridized carbons (Fsp3) is 0.455. The van der Waals surface area contributed by atoms with Crippen molar-refractivity contribution in [2.45, 2.75) is 59.4 Å². The van der Waals surface area contributed by atoms with E-state index in [-0.39, 0.29) is 17.9 Å². The lowest BCUT2D eigenvalue weighted by atomic mass is 10.1. The quantitative estimate of drug-likeness (QED) is 0.658. The smallest absolute Gasteiger partial charge is 0.340 e. The minimum absolute atomic E-state index is 0.0277. The Bertz CT molecular complexity index is 765. The first-order valence-electron chi connectivity index (χ1n) is 9.60. The minimum atomic E-state index is -0.311. The van der Waals surface area contributed by atoms with Crippen molar-refractivity contribution in [1.29, 1.82) is 0 Å². The summed E-state index contributed by atoms with van der Waals surface area (Å²) in [5.74, 6) is -0.283. The Morgan fingerprint density at radius 3 is 2.52 bits per heavy atom. The summed E-state index contributed by atoms with van der Waals surface area (Å²) in [7, 11) is 0. The van der Waals surface area contributed by atoms with E-state index in [9.17, 15) is 9.59 Å².